The number of carboxylic acids is 1. The number of carboxylic acid groups (broad SMARTS) is 1. The van der Waals surface area contributed by atoms with Gasteiger partial charge >= 0.3 is 5.97 Å². The highest BCUT2D eigenvalue weighted by Gasteiger charge is 2.18. The van der Waals surface area contributed by atoms with E-state index in [-0.39, 0.29) is 17.9 Å². The van der Waals surface area contributed by atoms with Crippen LogP contribution in [0.1, 0.15) is 32.6 Å². The van der Waals surface area contributed by atoms with Crippen LogP contribution in [0.4, 0.5) is 0 Å². The van der Waals surface area contributed by atoms with Crippen molar-refractivity contribution in [1.82, 2.24) is 10.2 Å². The van der Waals surface area contributed by atoms with Gasteiger partial charge in [-0.05, 0) is 25.7 Å². The maximum absolute atomic E-state index is 11.7. The Morgan fingerprint density at radius 1 is 1.42 bits per heavy atom. The minimum Gasteiger partial charge on any atom is -0.481 e. The van der Waals surface area contributed by atoms with Gasteiger partial charge in [0.25, 0.3) is 0 Å². The van der Waals surface area contributed by atoms with E-state index in [9.17, 15) is 9.59 Å². The predicted molar refractivity (Wildman–Crippen MR) is 72.7 cm³/mol. The average Bonchev–Trinajstić information content (AvgIpc) is 2.37. The minimum absolute atomic E-state index is 0.0125. The number of nitrogens with zero attached hydrogens (tertiary/aromatic N) is 1. The summed E-state index contributed by atoms with van der Waals surface area (Å²) in [7, 11) is 0. The smallest absolute Gasteiger partial charge is 0.306 e. The van der Waals surface area contributed by atoms with Crippen LogP contribution in [0, 0.1) is 5.92 Å². The average molecular weight is 271 g/mol. The first-order valence-electron chi connectivity index (χ1n) is 6.96. The van der Waals surface area contributed by atoms with Crippen molar-refractivity contribution in [2.24, 2.45) is 11.7 Å². The molecular formula is C13H25N3O3. The number of aliphatic carboxylic acids is 1. The van der Waals surface area contributed by atoms with Crippen LogP contribution in [-0.4, -0.2) is 54.1 Å². The summed E-state index contributed by atoms with van der Waals surface area (Å²) in [6.45, 7) is 4.40. The number of amides is 1. The number of hydrogen-bond acceptors (Lipinski definition) is 4. The van der Waals surface area contributed by atoms with Crippen molar-refractivity contribution in [2.45, 2.75) is 38.6 Å². The SMILES string of the molecule is CC(CCCNC(=O)CN1CCC(N)CC1)C(=O)O. The second-order valence-electron chi connectivity index (χ2n) is 5.35. The van der Waals surface area contributed by atoms with E-state index in [2.05, 4.69) is 10.2 Å². The van der Waals surface area contributed by atoms with E-state index in [1.54, 1.807) is 6.92 Å². The molecule has 1 saturated heterocycles. The predicted octanol–water partition coefficient (Wildman–Crippen LogP) is 0.0266. The van der Waals surface area contributed by atoms with Crippen LogP contribution in [0.3, 0.4) is 0 Å². The highest BCUT2D eigenvalue weighted by Crippen LogP contribution is 2.07. The molecule has 0 spiro atoms. The van der Waals surface area contributed by atoms with Crippen LogP contribution in [-0.2, 0) is 9.59 Å². The molecule has 0 aliphatic carbocycles. The molecule has 1 aliphatic heterocycles. The van der Waals surface area contributed by atoms with Gasteiger partial charge in [-0.3, -0.25) is 14.5 Å². The second kappa shape index (κ2) is 8.12. The Hall–Kier alpha value is -1.14. The molecule has 1 fully saturated rings. The fourth-order valence-electron chi connectivity index (χ4n) is 2.13. The van der Waals surface area contributed by atoms with E-state index >= 15 is 0 Å². The Balaban J connectivity index is 2.06. The topological polar surface area (TPSA) is 95.7 Å². The summed E-state index contributed by atoms with van der Waals surface area (Å²) < 4.78 is 0. The molecule has 0 bridgehead atoms. The van der Waals surface area contributed by atoms with Crippen LogP contribution in [0.5, 0.6) is 0 Å². The van der Waals surface area contributed by atoms with Crippen molar-refractivity contribution in [3.63, 3.8) is 0 Å². The number of nitrogens with two attached hydrogens (primary N) is 1. The van der Waals surface area contributed by atoms with Crippen molar-refractivity contribution < 1.29 is 14.7 Å². The molecule has 110 valence electrons. The second-order valence-corrected chi connectivity index (χ2v) is 5.35. The minimum atomic E-state index is -0.781. The lowest BCUT2D eigenvalue weighted by molar-refractivity contribution is -0.141. The van der Waals surface area contributed by atoms with Gasteiger partial charge in [-0.1, -0.05) is 6.92 Å². The molecule has 4 N–H and O–H groups in total. The third kappa shape index (κ3) is 6.54. The summed E-state index contributed by atoms with van der Waals surface area (Å²) in [5, 5.41) is 11.6. The molecule has 1 amide bonds. The Morgan fingerprint density at radius 3 is 2.63 bits per heavy atom. The molecular weight excluding hydrogens is 246 g/mol. The molecule has 0 saturated carbocycles. The number of carbonyl (C=O) groups excluding carboxylic acids is 1. The number of likely N-dealkylation sites (tertiary alicyclic amines) is 1. The van der Waals surface area contributed by atoms with Gasteiger partial charge in [0.15, 0.2) is 0 Å². The Morgan fingerprint density at radius 2 is 2.05 bits per heavy atom. The van der Waals surface area contributed by atoms with Gasteiger partial charge in [-0.25, -0.2) is 0 Å². The van der Waals surface area contributed by atoms with Crippen molar-refractivity contribution in [3.05, 3.63) is 0 Å². The van der Waals surface area contributed by atoms with Gasteiger partial charge in [0.2, 0.25) is 5.91 Å². The quantitative estimate of drug-likeness (QED) is 0.568. The Kier molecular flexibility index (Phi) is 6.80. The zero-order valence-electron chi connectivity index (χ0n) is 11.6. The van der Waals surface area contributed by atoms with E-state index in [0.717, 1.165) is 25.9 Å². The maximum atomic E-state index is 11.7. The molecule has 0 aromatic rings. The highest BCUT2D eigenvalue weighted by atomic mass is 16.4. The molecule has 6 heteroatoms. The number of carbonyl (C=O) groups is 2. The van der Waals surface area contributed by atoms with E-state index < -0.39 is 5.97 Å². The summed E-state index contributed by atoms with van der Waals surface area (Å²) in [6, 6.07) is 0.275. The van der Waals surface area contributed by atoms with E-state index in [4.69, 9.17) is 10.8 Å². The van der Waals surface area contributed by atoms with Gasteiger partial charge in [-0.15, -0.1) is 0 Å². The van der Waals surface area contributed by atoms with Crippen molar-refractivity contribution in [3.8, 4) is 0 Å². The Labute approximate surface area is 114 Å². The molecule has 0 aromatic carbocycles. The molecule has 1 rings (SSSR count). The lowest BCUT2D eigenvalue weighted by Crippen LogP contribution is -2.44. The van der Waals surface area contributed by atoms with Gasteiger partial charge < -0.3 is 16.2 Å². The van der Waals surface area contributed by atoms with Crippen LogP contribution in [0.25, 0.3) is 0 Å². The molecule has 1 atom stereocenters. The molecule has 1 unspecified atom stereocenters. The van der Waals surface area contributed by atoms with Crippen LogP contribution >= 0.6 is 0 Å². The molecule has 1 aliphatic rings. The van der Waals surface area contributed by atoms with Crippen molar-refractivity contribution in [2.75, 3.05) is 26.2 Å². The lowest BCUT2D eigenvalue weighted by atomic mass is 10.1. The maximum Gasteiger partial charge on any atom is 0.306 e. The molecule has 1 heterocycles. The van der Waals surface area contributed by atoms with E-state index in [0.29, 0.717) is 25.9 Å². The molecule has 6 nitrogen and oxygen atoms in total. The summed E-state index contributed by atoms with van der Waals surface area (Å²) in [5.74, 6) is -1.12. The Bertz CT molecular complexity index is 302. The van der Waals surface area contributed by atoms with Crippen LogP contribution < -0.4 is 11.1 Å². The van der Waals surface area contributed by atoms with E-state index in [1.165, 1.54) is 0 Å². The van der Waals surface area contributed by atoms with E-state index in [1.807, 2.05) is 0 Å². The van der Waals surface area contributed by atoms with Crippen LogP contribution in [0.2, 0.25) is 0 Å². The lowest BCUT2D eigenvalue weighted by Gasteiger charge is -2.29. The monoisotopic (exact) mass is 271 g/mol. The fourth-order valence-corrected chi connectivity index (χ4v) is 2.13. The summed E-state index contributed by atoms with van der Waals surface area (Å²) >= 11 is 0. The first kappa shape index (κ1) is 15.9. The van der Waals surface area contributed by atoms with Crippen molar-refractivity contribution >= 4 is 11.9 Å². The largest absolute Gasteiger partial charge is 0.481 e. The fraction of sp³-hybridized carbons (Fsp3) is 0.846. The molecule has 19 heavy (non-hydrogen) atoms. The molecule has 0 radical (unpaired) electrons. The third-order valence-corrected chi connectivity index (χ3v) is 3.56. The number of piperidine rings is 1. The van der Waals surface area contributed by atoms with Gasteiger partial charge in [0, 0.05) is 25.7 Å². The first-order valence-corrected chi connectivity index (χ1v) is 6.96. The highest BCUT2D eigenvalue weighted by molar-refractivity contribution is 5.78. The molecule has 0 aromatic heterocycles. The van der Waals surface area contributed by atoms with Gasteiger partial charge in [0.05, 0.1) is 12.5 Å². The number of hydrogen-bond donors (Lipinski definition) is 3. The first-order chi connectivity index (χ1) is 8.99. The third-order valence-electron chi connectivity index (χ3n) is 3.56. The van der Waals surface area contributed by atoms with Gasteiger partial charge in [-0.2, -0.15) is 0 Å². The number of nitrogens with one attached hydrogen (secondary N) is 1. The normalized spacial score (nSPS) is 19.1. The standard InChI is InChI=1S/C13H25N3O3/c1-10(13(18)19)3-2-6-15-12(17)9-16-7-4-11(14)5-8-16/h10-11H,2-9,14H2,1H3,(H,15,17)(H,18,19). The van der Waals surface area contributed by atoms with Gasteiger partial charge in [0.1, 0.15) is 0 Å². The number of rotatable bonds is 7. The summed E-state index contributed by atoms with van der Waals surface area (Å²) in [6.07, 6.45) is 3.19. The summed E-state index contributed by atoms with van der Waals surface area (Å²) in [5.41, 5.74) is 5.80. The van der Waals surface area contributed by atoms with Crippen molar-refractivity contribution in [1.29, 1.82) is 0 Å². The zero-order valence-corrected chi connectivity index (χ0v) is 11.6. The van der Waals surface area contributed by atoms with Crippen LogP contribution in [0.15, 0.2) is 0 Å². The zero-order chi connectivity index (χ0) is 14.3. The summed E-state index contributed by atoms with van der Waals surface area (Å²) in [4.78, 5) is 24.4.